The number of hydrogen-bond donors (Lipinski definition) is 1. The quantitative estimate of drug-likeness (QED) is 0.608. The lowest BCUT2D eigenvalue weighted by Crippen LogP contribution is -2.55. The fourth-order valence-electron chi connectivity index (χ4n) is 1.37. The van der Waals surface area contributed by atoms with Crippen LogP contribution in [0, 0.1) is 0 Å². The van der Waals surface area contributed by atoms with E-state index in [0.717, 1.165) is 0 Å². The van der Waals surface area contributed by atoms with Crippen LogP contribution in [0.25, 0.3) is 0 Å². The molecule has 6 heteroatoms. The van der Waals surface area contributed by atoms with E-state index in [0.29, 0.717) is 13.1 Å². The highest BCUT2D eigenvalue weighted by molar-refractivity contribution is 5.90. The first-order valence-electron chi connectivity index (χ1n) is 4.68. The van der Waals surface area contributed by atoms with Crippen LogP contribution in [0.2, 0.25) is 0 Å². The van der Waals surface area contributed by atoms with Crippen molar-refractivity contribution in [1.82, 2.24) is 15.1 Å². The van der Waals surface area contributed by atoms with Gasteiger partial charge in [0.1, 0.15) is 6.04 Å². The molecule has 83 valence electrons. The molecule has 0 aliphatic carbocycles. The van der Waals surface area contributed by atoms with Crippen LogP contribution in [0.5, 0.6) is 0 Å². The fourth-order valence-corrected chi connectivity index (χ4v) is 1.37. The first-order chi connectivity index (χ1) is 7.06. The minimum absolute atomic E-state index is 0.00801. The summed E-state index contributed by atoms with van der Waals surface area (Å²) in [5, 5.41) is 2.61. The summed E-state index contributed by atoms with van der Waals surface area (Å²) in [6, 6.07) is -0.717. The van der Waals surface area contributed by atoms with E-state index in [-0.39, 0.29) is 18.2 Å². The lowest BCUT2D eigenvalue weighted by molar-refractivity contribution is -0.135. The van der Waals surface area contributed by atoms with Crippen molar-refractivity contribution in [3.63, 3.8) is 0 Å². The van der Waals surface area contributed by atoms with Crippen molar-refractivity contribution >= 4 is 18.2 Å². The average molecular weight is 212 g/mol. The van der Waals surface area contributed by atoms with Crippen LogP contribution in [0.15, 0.2) is 0 Å². The molecule has 1 atom stereocenters. The summed E-state index contributed by atoms with van der Waals surface area (Å²) < 4.78 is 0. The Morgan fingerprint density at radius 3 is 2.87 bits per heavy atom. The van der Waals surface area contributed by atoms with Gasteiger partial charge >= 0.3 is 6.41 Å². The highest BCUT2D eigenvalue weighted by atomic mass is 16.2. The molecule has 0 bridgehead atoms. The Hall–Kier alpha value is -1.59. The normalized spacial score (nSPS) is 20.8. The molecule has 1 N–H and O–H groups in total. The van der Waals surface area contributed by atoms with Crippen LogP contribution in [-0.4, -0.2) is 61.3 Å². The summed E-state index contributed by atoms with van der Waals surface area (Å²) in [4.78, 5) is 36.0. The van der Waals surface area contributed by atoms with Crippen LogP contribution in [0.3, 0.4) is 0 Å². The lowest BCUT2D eigenvalue weighted by atomic mass is 10.1. The van der Waals surface area contributed by atoms with E-state index in [9.17, 15) is 14.4 Å². The number of nitrogens with one attached hydrogen (secondary N) is 1. The highest BCUT2D eigenvalue weighted by Gasteiger charge is 2.31. The SMILES string of the molecule is CN(C)C(=O)CC1C(=O)NCCN1[C]=O. The second kappa shape index (κ2) is 4.77. The smallest absolute Gasteiger partial charge is 0.312 e. The van der Waals surface area contributed by atoms with Crippen LogP contribution in [-0.2, 0) is 14.4 Å². The third kappa shape index (κ3) is 2.68. The Kier molecular flexibility index (Phi) is 3.65. The number of rotatable bonds is 3. The van der Waals surface area contributed by atoms with E-state index >= 15 is 0 Å². The molecule has 1 radical (unpaired) electrons. The maximum Gasteiger partial charge on any atom is 0.312 e. The van der Waals surface area contributed by atoms with Gasteiger partial charge in [0.05, 0.1) is 6.42 Å². The van der Waals surface area contributed by atoms with E-state index in [1.54, 1.807) is 20.5 Å². The number of piperazine rings is 1. The number of nitrogens with zero attached hydrogens (tertiary/aromatic N) is 2. The van der Waals surface area contributed by atoms with Gasteiger partial charge in [-0.2, -0.15) is 0 Å². The van der Waals surface area contributed by atoms with Crippen molar-refractivity contribution in [2.75, 3.05) is 27.2 Å². The molecular formula is C9H14N3O3. The Labute approximate surface area is 88.2 Å². The maximum atomic E-state index is 11.4. The molecule has 0 aromatic heterocycles. The predicted octanol–water partition coefficient (Wildman–Crippen LogP) is -1.67. The molecule has 1 unspecified atom stereocenters. The van der Waals surface area contributed by atoms with E-state index < -0.39 is 6.04 Å². The molecule has 1 heterocycles. The van der Waals surface area contributed by atoms with Crippen LogP contribution >= 0.6 is 0 Å². The monoisotopic (exact) mass is 212 g/mol. The molecule has 0 aromatic rings. The highest BCUT2D eigenvalue weighted by Crippen LogP contribution is 2.07. The average Bonchev–Trinajstić information content (AvgIpc) is 2.20. The number of amides is 3. The molecule has 0 spiro atoms. The number of hydrogen-bond acceptors (Lipinski definition) is 3. The topological polar surface area (TPSA) is 69.7 Å². The summed E-state index contributed by atoms with van der Waals surface area (Å²) in [5.41, 5.74) is 0. The molecule has 1 aliphatic rings. The van der Waals surface area contributed by atoms with Crippen LogP contribution in [0.4, 0.5) is 0 Å². The van der Waals surface area contributed by atoms with Gasteiger partial charge in [-0.1, -0.05) is 0 Å². The minimum atomic E-state index is -0.717. The van der Waals surface area contributed by atoms with Crippen LogP contribution in [0.1, 0.15) is 6.42 Å². The molecule has 1 rings (SSSR count). The largest absolute Gasteiger partial charge is 0.353 e. The molecule has 1 aliphatic heterocycles. The summed E-state index contributed by atoms with van der Waals surface area (Å²) in [6.07, 6.45) is 1.69. The van der Waals surface area contributed by atoms with E-state index in [4.69, 9.17) is 0 Å². The number of carbonyl (C=O) groups excluding carboxylic acids is 3. The Balaban J connectivity index is 2.66. The Morgan fingerprint density at radius 1 is 1.67 bits per heavy atom. The first-order valence-corrected chi connectivity index (χ1v) is 4.68. The summed E-state index contributed by atoms with van der Waals surface area (Å²) >= 11 is 0. The van der Waals surface area contributed by atoms with Gasteiger partial charge in [-0.15, -0.1) is 0 Å². The Bertz CT molecular complexity index is 278. The molecule has 3 amide bonds. The van der Waals surface area contributed by atoms with Gasteiger partial charge in [-0.3, -0.25) is 14.4 Å². The lowest BCUT2D eigenvalue weighted by Gasteiger charge is -2.31. The van der Waals surface area contributed by atoms with Crippen molar-refractivity contribution in [2.45, 2.75) is 12.5 Å². The third-order valence-electron chi connectivity index (χ3n) is 2.31. The zero-order chi connectivity index (χ0) is 11.4. The molecule has 1 saturated heterocycles. The van der Waals surface area contributed by atoms with Crippen molar-refractivity contribution in [2.24, 2.45) is 0 Å². The van der Waals surface area contributed by atoms with Gasteiger partial charge in [0.15, 0.2) is 0 Å². The zero-order valence-electron chi connectivity index (χ0n) is 8.82. The van der Waals surface area contributed by atoms with Crippen molar-refractivity contribution in [3.8, 4) is 0 Å². The molecule has 0 saturated carbocycles. The van der Waals surface area contributed by atoms with Gasteiger partial charge in [-0.25, -0.2) is 0 Å². The van der Waals surface area contributed by atoms with Gasteiger partial charge in [0, 0.05) is 27.2 Å². The fraction of sp³-hybridized carbons (Fsp3) is 0.667. The van der Waals surface area contributed by atoms with E-state index in [1.807, 2.05) is 0 Å². The molecule has 1 fully saturated rings. The summed E-state index contributed by atoms with van der Waals surface area (Å²) in [6.45, 7) is 0.821. The van der Waals surface area contributed by atoms with Crippen molar-refractivity contribution < 1.29 is 14.4 Å². The third-order valence-corrected chi connectivity index (χ3v) is 2.31. The summed E-state index contributed by atoms with van der Waals surface area (Å²) in [7, 11) is 3.22. The number of carbonyl (C=O) groups is 2. The minimum Gasteiger partial charge on any atom is -0.353 e. The molecule has 15 heavy (non-hydrogen) atoms. The van der Waals surface area contributed by atoms with E-state index in [2.05, 4.69) is 5.32 Å². The standard InChI is InChI=1S/C9H14N3O3/c1-11(2)8(14)5-7-9(15)10-3-4-12(7)6-13/h7H,3-5H2,1-2H3,(H,10,15). The maximum absolute atomic E-state index is 11.4. The zero-order valence-corrected chi connectivity index (χ0v) is 8.82. The first kappa shape index (κ1) is 11.5. The van der Waals surface area contributed by atoms with Gasteiger partial charge in [0.2, 0.25) is 11.8 Å². The second-order valence-electron chi connectivity index (χ2n) is 3.58. The summed E-state index contributed by atoms with van der Waals surface area (Å²) in [5.74, 6) is -0.475. The molecular weight excluding hydrogens is 198 g/mol. The predicted molar refractivity (Wildman–Crippen MR) is 52.5 cm³/mol. The van der Waals surface area contributed by atoms with Crippen molar-refractivity contribution in [3.05, 3.63) is 0 Å². The molecule has 6 nitrogen and oxygen atoms in total. The Morgan fingerprint density at radius 2 is 2.33 bits per heavy atom. The van der Waals surface area contributed by atoms with Gasteiger partial charge in [0.25, 0.3) is 0 Å². The molecule has 0 aromatic carbocycles. The van der Waals surface area contributed by atoms with Gasteiger partial charge in [-0.05, 0) is 0 Å². The van der Waals surface area contributed by atoms with E-state index in [1.165, 1.54) is 9.80 Å². The second-order valence-corrected chi connectivity index (χ2v) is 3.58. The van der Waals surface area contributed by atoms with Crippen molar-refractivity contribution in [1.29, 1.82) is 0 Å². The van der Waals surface area contributed by atoms with Crippen LogP contribution < -0.4 is 5.32 Å². The van der Waals surface area contributed by atoms with Gasteiger partial charge < -0.3 is 15.1 Å².